The van der Waals surface area contributed by atoms with Crippen molar-refractivity contribution in [1.29, 1.82) is 0 Å². The van der Waals surface area contributed by atoms with Crippen LogP contribution in [0.3, 0.4) is 0 Å². The first kappa shape index (κ1) is 16.8. The van der Waals surface area contributed by atoms with Gasteiger partial charge in [0.2, 0.25) is 5.91 Å². The fourth-order valence-electron chi connectivity index (χ4n) is 3.12. The quantitative estimate of drug-likeness (QED) is 0.833. The zero-order valence-corrected chi connectivity index (χ0v) is 14.7. The number of hydrogen-bond acceptors (Lipinski definition) is 3. The lowest BCUT2D eigenvalue weighted by Gasteiger charge is -2.28. The molecule has 0 spiro atoms. The molecular formula is C19H21ClN2O2. The maximum atomic E-state index is 12.4. The number of ether oxygens (including phenoxy) is 1. The molecule has 1 saturated heterocycles. The van der Waals surface area contributed by atoms with E-state index in [2.05, 4.69) is 4.90 Å². The zero-order chi connectivity index (χ0) is 17.1. The Morgan fingerprint density at radius 2 is 1.79 bits per heavy atom. The predicted molar refractivity (Wildman–Crippen MR) is 95.2 cm³/mol. The second kappa shape index (κ2) is 7.24. The number of methoxy groups -OCH3 is 1. The fourth-order valence-corrected chi connectivity index (χ4v) is 3.25. The Morgan fingerprint density at radius 1 is 1.12 bits per heavy atom. The number of hydrogen-bond donors (Lipinski definition) is 0. The van der Waals surface area contributed by atoms with Crippen LogP contribution in [0.25, 0.3) is 0 Å². The van der Waals surface area contributed by atoms with Gasteiger partial charge in [-0.15, -0.1) is 0 Å². The van der Waals surface area contributed by atoms with Crippen LogP contribution >= 0.6 is 11.6 Å². The van der Waals surface area contributed by atoms with E-state index in [1.165, 1.54) is 5.56 Å². The summed E-state index contributed by atoms with van der Waals surface area (Å²) in [5, 5.41) is 0.704. The zero-order valence-electron chi connectivity index (χ0n) is 13.9. The molecule has 0 bridgehead atoms. The van der Waals surface area contributed by atoms with E-state index in [4.69, 9.17) is 16.3 Å². The first-order chi connectivity index (χ1) is 11.6. The third kappa shape index (κ3) is 3.55. The van der Waals surface area contributed by atoms with Crippen molar-refractivity contribution >= 4 is 17.5 Å². The number of rotatable bonds is 5. The third-order valence-corrected chi connectivity index (χ3v) is 4.64. The van der Waals surface area contributed by atoms with E-state index in [9.17, 15) is 4.79 Å². The van der Waals surface area contributed by atoms with Crippen molar-refractivity contribution in [2.45, 2.75) is 12.6 Å². The lowest BCUT2D eigenvalue weighted by Crippen LogP contribution is -2.32. The smallest absolute Gasteiger partial charge is 0.238 e. The van der Waals surface area contributed by atoms with Crippen LogP contribution in [-0.2, 0) is 11.2 Å². The van der Waals surface area contributed by atoms with Crippen molar-refractivity contribution in [3.63, 3.8) is 0 Å². The van der Waals surface area contributed by atoms with Crippen LogP contribution in [-0.4, -0.2) is 43.0 Å². The standard InChI is InChI=1S/C19H21ClN2O2/c1-21-13-18(23)22(19(21)15-5-7-16(20)8-6-15)12-11-14-3-9-17(24-2)10-4-14/h3-10,19H,11-13H2,1-2H3. The number of halogens is 1. The molecule has 0 aliphatic carbocycles. The number of benzene rings is 2. The molecule has 1 fully saturated rings. The van der Waals surface area contributed by atoms with Crippen molar-refractivity contribution in [1.82, 2.24) is 9.80 Å². The Labute approximate surface area is 147 Å². The summed E-state index contributed by atoms with van der Waals surface area (Å²) in [5.74, 6) is 1.00. The SMILES string of the molecule is COc1ccc(CCN2C(=O)CN(C)C2c2ccc(Cl)cc2)cc1. The molecule has 2 aromatic carbocycles. The average Bonchev–Trinajstić information content (AvgIpc) is 2.88. The summed E-state index contributed by atoms with van der Waals surface area (Å²) in [6.07, 6.45) is 0.779. The summed E-state index contributed by atoms with van der Waals surface area (Å²) >= 11 is 5.98. The Bertz CT molecular complexity index is 700. The highest BCUT2D eigenvalue weighted by molar-refractivity contribution is 6.30. The molecule has 0 N–H and O–H groups in total. The molecule has 0 saturated carbocycles. The molecule has 1 atom stereocenters. The molecule has 3 rings (SSSR count). The molecule has 1 aliphatic heterocycles. The van der Waals surface area contributed by atoms with Crippen molar-refractivity contribution < 1.29 is 9.53 Å². The molecule has 1 amide bonds. The van der Waals surface area contributed by atoms with E-state index in [0.717, 1.165) is 17.7 Å². The molecule has 1 aliphatic rings. The minimum Gasteiger partial charge on any atom is -0.497 e. The highest BCUT2D eigenvalue weighted by Crippen LogP contribution is 2.30. The number of carbonyl (C=O) groups excluding carboxylic acids is 1. The summed E-state index contributed by atoms with van der Waals surface area (Å²) in [5.41, 5.74) is 2.27. The Balaban J connectivity index is 1.73. The van der Waals surface area contributed by atoms with E-state index in [1.807, 2.05) is 60.5 Å². The van der Waals surface area contributed by atoms with Gasteiger partial charge in [0.15, 0.2) is 0 Å². The molecule has 1 heterocycles. The number of amides is 1. The highest BCUT2D eigenvalue weighted by atomic mass is 35.5. The largest absolute Gasteiger partial charge is 0.497 e. The van der Waals surface area contributed by atoms with Gasteiger partial charge in [-0.05, 0) is 48.9 Å². The molecular weight excluding hydrogens is 324 g/mol. The Morgan fingerprint density at radius 3 is 2.42 bits per heavy atom. The van der Waals surface area contributed by atoms with Gasteiger partial charge in [0.25, 0.3) is 0 Å². The lowest BCUT2D eigenvalue weighted by molar-refractivity contribution is -0.128. The predicted octanol–water partition coefficient (Wildman–Crippen LogP) is 3.36. The summed E-state index contributed by atoms with van der Waals surface area (Å²) in [6, 6.07) is 15.7. The van der Waals surface area contributed by atoms with Gasteiger partial charge in [0.05, 0.1) is 13.7 Å². The molecule has 24 heavy (non-hydrogen) atoms. The average molecular weight is 345 g/mol. The van der Waals surface area contributed by atoms with Crippen LogP contribution in [0.1, 0.15) is 17.3 Å². The first-order valence-electron chi connectivity index (χ1n) is 7.96. The van der Waals surface area contributed by atoms with Crippen LogP contribution in [0.15, 0.2) is 48.5 Å². The number of nitrogens with zero attached hydrogens (tertiary/aromatic N) is 2. The Hall–Kier alpha value is -2.04. The van der Waals surface area contributed by atoms with E-state index < -0.39 is 0 Å². The van der Waals surface area contributed by atoms with Crippen LogP contribution in [0, 0.1) is 0 Å². The van der Waals surface area contributed by atoms with Crippen LogP contribution < -0.4 is 4.74 Å². The summed E-state index contributed by atoms with van der Waals surface area (Å²) in [6.45, 7) is 1.12. The minimum atomic E-state index is -0.0342. The highest BCUT2D eigenvalue weighted by Gasteiger charge is 2.35. The maximum absolute atomic E-state index is 12.4. The minimum absolute atomic E-state index is 0.0342. The van der Waals surface area contributed by atoms with Gasteiger partial charge in [-0.3, -0.25) is 9.69 Å². The molecule has 0 aromatic heterocycles. The summed E-state index contributed by atoms with van der Waals surface area (Å²) < 4.78 is 5.18. The van der Waals surface area contributed by atoms with Crippen LogP contribution in [0.4, 0.5) is 0 Å². The summed E-state index contributed by atoms with van der Waals surface area (Å²) in [7, 11) is 3.63. The van der Waals surface area contributed by atoms with E-state index >= 15 is 0 Å². The molecule has 2 aromatic rings. The fraction of sp³-hybridized carbons (Fsp3) is 0.316. The summed E-state index contributed by atoms with van der Waals surface area (Å²) in [4.78, 5) is 16.4. The van der Waals surface area contributed by atoms with Crippen molar-refractivity contribution in [2.75, 3.05) is 27.2 Å². The Kier molecular flexibility index (Phi) is 5.07. The second-order valence-corrected chi connectivity index (χ2v) is 6.46. The van der Waals surface area contributed by atoms with E-state index in [1.54, 1.807) is 7.11 Å². The van der Waals surface area contributed by atoms with E-state index in [-0.39, 0.29) is 12.1 Å². The van der Waals surface area contributed by atoms with Crippen LogP contribution in [0.2, 0.25) is 5.02 Å². The number of likely N-dealkylation sites (N-methyl/N-ethyl adjacent to an activating group) is 1. The maximum Gasteiger partial charge on any atom is 0.238 e. The van der Waals surface area contributed by atoms with E-state index in [0.29, 0.717) is 18.1 Å². The molecule has 1 unspecified atom stereocenters. The molecule has 126 valence electrons. The van der Waals surface area contributed by atoms with Gasteiger partial charge in [0.1, 0.15) is 11.9 Å². The first-order valence-corrected chi connectivity index (χ1v) is 8.34. The van der Waals surface area contributed by atoms with Crippen molar-refractivity contribution in [2.24, 2.45) is 0 Å². The topological polar surface area (TPSA) is 32.8 Å². The monoisotopic (exact) mass is 344 g/mol. The lowest BCUT2D eigenvalue weighted by atomic mass is 10.1. The molecule has 5 heteroatoms. The molecule has 0 radical (unpaired) electrons. The third-order valence-electron chi connectivity index (χ3n) is 4.39. The van der Waals surface area contributed by atoms with Gasteiger partial charge in [-0.25, -0.2) is 0 Å². The van der Waals surface area contributed by atoms with Gasteiger partial charge in [-0.2, -0.15) is 0 Å². The van der Waals surface area contributed by atoms with Crippen molar-refractivity contribution in [3.05, 3.63) is 64.7 Å². The van der Waals surface area contributed by atoms with Crippen LogP contribution in [0.5, 0.6) is 5.75 Å². The van der Waals surface area contributed by atoms with Gasteiger partial charge >= 0.3 is 0 Å². The number of carbonyl (C=O) groups is 1. The van der Waals surface area contributed by atoms with Gasteiger partial charge in [-0.1, -0.05) is 35.9 Å². The second-order valence-electron chi connectivity index (χ2n) is 6.03. The molecule has 4 nitrogen and oxygen atoms in total. The normalized spacial score (nSPS) is 18.2. The van der Waals surface area contributed by atoms with Gasteiger partial charge < -0.3 is 9.64 Å². The van der Waals surface area contributed by atoms with Gasteiger partial charge in [0, 0.05) is 11.6 Å². The van der Waals surface area contributed by atoms with Crippen molar-refractivity contribution in [3.8, 4) is 5.75 Å².